The van der Waals surface area contributed by atoms with Crippen LogP contribution in [0.1, 0.15) is 0 Å². The molecular weight excluding hydrogens is 217 g/mol. The van der Waals surface area contributed by atoms with Gasteiger partial charge in [-0.1, -0.05) is 29.3 Å². The minimum atomic E-state index is -1.28. The van der Waals surface area contributed by atoms with Crippen molar-refractivity contribution in [1.29, 1.82) is 0 Å². The van der Waals surface area contributed by atoms with Crippen molar-refractivity contribution in [2.24, 2.45) is 0 Å². The first-order valence-corrected chi connectivity index (χ1v) is 5.10. The number of rotatable bonds is 2. The Morgan fingerprint density at radius 1 is 1.42 bits per heavy atom. The number of halogens is 2. The van der Waals surface area contributed by atoms with Gasteiger partial charge in [0.25, 0.3) is 0 Å². The summed E-state index contributed by atoms with van der Waals surface area (Å²) in [6.45, 7) is 0. The van der Waals surface area contributed by atoms with Gasteiger partial charge in [0.15, 0.2) is 0 Å². The Balaban J connectivity index is 3.16. The summed E-state index contributed by atoms with van der Waals surface area (Å²) in [5, 5.41) is 0.754. The van der Waals surface area contributed by atoms with Crippen molar-refractivity contribution in [1.82, 2.24) is 4.72 Å². The highest BCUT2D eigenvalue weighted by molar-refractivity contribution is 7.83. The van der Waals surface area contributed by atoms with Crippen LogP contribution in [0, 0.1) is 0 Å². The monoisotopic (exact) mass is 223 g/mol. The number of nitrogens with one attached hydrogen (secondary N) is 1. The molecule has 1 aromatic carbocycles. The van der Waals surface area contributed by atoms with Crippen LogP contribution in [0.25, 0.3) is 0 Å². The van der Waals surface area contributed by atoms with E-state index in [1.807, 2.05) is 0 Å². The zero-order valence-corrected chi connectivity index (χ0v) is 8.63. The van der Waals surface area contributed by atoms with Crippen LogP contribution in [0.2, 0.25) is 10.0 Å². The van der Waals surface area contributed by atoms with Crippen molar-refractivity contribution in [2.45, 2.75) is 4.90 Å². The molecule has 0 saturated carbocycles. The number of hydrogen-bond acceptors (Lipinski definition) is 1. The fourth-order valence-corrected chi connectivity index (χ4v) is 2.00. The van der Waals surface area contributed by atoms with Gasteiger partial charge in [0.05, 0.1) is 14.9 Å². The molecule has 0 fully saturated rings. The second-order valence-corrected chi connectivity index (χ2v) is 4.20. The van der Waals surface area contributed by atoms with Crippen molar-refractivity contribution in [3.05, 3.63) is 28.2 Å². The van der Waals surface area contributed by atoms with Gasteiger partial charge in [-0.25, -0.2) is 8.93 Å². The summed E-state index contributed by atoms with van der Waals surface area (Å²) in [5.41, 5.74) is 0. The molecule has 0 aliphatic heterocycles. The fourth-order valence-electron chi connectivity index (χ4n) is 0.737. The van der Waals surface area contributed by atoms with Crippen LogP contribution in [0.5, 0.6) is 0 Å². The summed E-state index contributed by atoms with van der Waals surface area (Å²) in [4.78, 5) is 0.506. The smallest absolute Gasteiger partial charge is 0.126 e. The van der Waals surface area contributed by atoms with Crippen LogP contribution in [0.15, 0.2) is 23.1 Å². The zero-order chi connectivity index (χ0) is 9.14. The van der Waals surface area contributed by atoms with Crippen molar-refractivity contribution in [2.75, 3.05) is 7.05 Å². The fraction of sp³-hybridized carbons (Fsp3) is 0.143. The molecular formula is C7H7Cl2NOS. The minimum absolute atomic E-state index is 0.340. The normalized spacial score (nSPS) is 12.9. The lowest BCUT2D eigenvalue weighted by molar-refractivity contribution is 0.678. The molecule has 1 atom stereocenters. The SMILES string of the molecule is CNS(=O)c1cccc(Cl)c1Cl. The van der Waals surface area contributed by atoms with E-state index < -0.39 is 11.0 Å². The highest BCUT2D eigenvalue weighted by Gasteiger charge is 2.08. The van der Waals surface area contributed by atoms with Crippen LogP contribution in [-0.4, -0.2) is 11.3 Å². The molecule has 0 aliphatic carbocycles. The summed E-state index contributed by atoms with van der Waals surface area (Å²) in [7, 11) is 0.312. The lowest BCUT2D eigenvalue weighted by atomic mass is 10.4. The third-order valence-corrected chi connectivity index (χ3v) is 3.34. The van der Waals surface area contributed by atoms with Gasteiger partial charge in [-0.05, 0) is 19.2 Å². The standard InChI is InChI=1S/C7H7Cl2NOS/c1-10-12(11)6-4-2-3-5(8)7(6)9/h2-4,10H,1H3. The second kappa shape index (κ2) is 4.23. The van der Waals surface area contributed by atoms with E-state index in [9.17, 15) is 4.21 Å². The van der Waals surface area contributed by atoms with Crippen LogP contribution < -0.4 is 4.72 Å². The van der Waals surface area contributed by atoms with E-state index in [2.05, 4.69) is 4.72 Å². The van der Waals surface area contributed by atoms with E-state index >= 15 is 0 Å². The maximum absolute atomic E-state index is 11.2. The molecule has 0 aliphatic rings. The molecule has 1 rings (SSSR count). The lowest BCUT2D eigenvalue weighted by Gasteiger charge is -2.03. The van der Waals surface area contributed by atoms with Gasteiger partial charge in [-0.2, -0.15) is 0 Å². The molecule has 0 amide bonds. The van der Waals surface area contributed by atoms with Gasteiger partial charge >= 0.3 is 0 Å². The molecule has 1 aromatic rings. The lowest BCUT2D eigenvalue weighted by Crippen LogP contribution is -2.10. The molecule has 1 N–H and O–H groups in total. The first kappa shape index (κ1) is 9.99. The molecule has 0 bridgehead atoms. The first-order valence-electron chi connectivity index (χ1n) is 3.20. The maximum atomic E-state index is 11.2. The topological polar surface area (TPSA) is 29.1 Å². The van der Waals surface area contributed by atoms with Gasteiger partial charge in [-0.3, -0.25) is 0 Å². The van der Waals surface area contributed by atoms with Crippen molar-refractivity contribution >= 4 is 34.2 Å². The molecule has 66 valence electrons. The average Bonchev–Trinajstić information content (AvgIpc) is 2.08. The Hall–Kier alpha value is -0.0900. The molecule has 2 nitrogen and oxygen atoms in total. The predicted molar refractivity (Wildman–Crippen MR) is 51.9 cm³/mol. The van der Waals surface area contributed by atoms with Crippen LogP contribution in [-0.2, 0) is 11.0 Å². The third kappa shape index (κ3) is 1.98. The Bertz CT molecular complexity index is 316. The van der Waals surface area contributed by atoms with Gasteiger partial charge in [-0.15, -0.1) is 0 Å². The molecule has 1 unspecified atom stereocenters. The molecule has 5 heteroatoms. The number of hydrogen-bond donors (Lipinski definition) is 1. The summed E-state index contributed by atoms with van der Waals surface area (Å²) in [6, 6.07) is 5.03. The largest absolute Gasteiger partial charge is 0.237 e. The van der Waals surface area contributed by atoms with Crippen LogP contribution in [0.3, 0.4) is 0 Å². The van der Waals surface area contributed by atoms with E-state index in [0.717, 1.165) is 0 Å². The summed E-state index contributed by atoms with van der Waals surface area (Å²) >= 11 is 11.5. The highest BCUT2D eigenvalue weighted by atomic mass is 35.5. The van der Waals surface area contributed by atoms with Gasteiger partial charge in [0.1, 0.15) is 11.0 Å². The van der Waals surface area contributed by atoms with Crippen LogP contribution in [0.4, 0.5) is 0 Å². The molecule has 0 saturated heterocycles. The van der Waals surface area contributed by atoms with Crippen molar-refractivity contribution in [3.8, 4) is 0 Å². The van der Waals surface area contributed by atoms with Gasteiger partial charge in [0.2, 0.25) is 0 Å². The summed E-state index contributed by atoms with van der Waals surface area (Å²) in [5.74, 6) is 0. The van der Waals surface area contributed by atoms with Crippen molar-refractivity contribution < 1.29 is 4.21 Å². The van der Waals surface area contributed by atoms with E-state index in [1.165, 1.54) is 0 Å². The number of benzene rings is 1. The Morgan fingerprint density at radius 2 is 2.08 bits per heavy atom. The predicted octanol–water partition coefficient (Wildman–Crippen LogP) is 2.24. The van der Waals surface area contributed by atoms with Crippen LogP contribution >= 0.6 is 23.2 Å². The second-order valence-electron chi connectivity index (χ2n) is 2.02. The Kier molecular flexibility index (Phi) is 3.53. The van der Waals surface area contributed by atoms with E-state index in [-0.39, 0.29) is 0 Å². The highest BCUT2D eigenvalue weighted by Crippen LogP contribution is 2.26. The van der Waals surface area contributed by atoms with E-state index in [1.54, 1.807) is 25.2 Å². The van der Waals surface area contributed by atoms with E-state index in [4.69, 9.17) is 23.2 Å². The van der Waals surface area contributed by atoms with Gasteiger partial charge < -0.3 is 0 Å². The Morgan fingerprint density at radius 3 is 2.67 bits per heavy atom. The summed E-state index contributed by atoms with van der Waals surface area (Å²) in [6.07, 6.45) is 0. The molecule has 0 aromatic heterocycles. The quantitative estimate of drug-likeness (QED) is 0.819. The van der Waals surface area contributed by atoms with Gasteiger partial charge in [0, 0.05) is 0 Å². The molecule has 0 heterocycles. The zero-order valence-electron chi connectivity index (χ0n) is 6.30. The first-order chi connectivity index (χ1) is 5.66. The molecule has 0 radical (unpaired) electrons. The minimum Gasteiger partial charge on any atom is -0.237 e. The van der Waals surface area contributed by atoms with E-state index in [0.29, 0.717) is 14.9 Å². The molecule has 0 spiro atoms. The molecule has 12 heavy (non-hydrogen) atoms. The van der Waals surface area contributed by atoms with Crippen molar-refractivity contribution in [3.63, 3.8) is 0 Å². The average molecular weight is 224 g/mol. The third-order valence-electron chi connectivity index (χ3n) is 1.30. The maximum Gasteiger partial charge on any atom is 0.126 e. The Labute approximate surface area is 83.5 Å². The summed E-state index contributed by atoms with van der Waals surface area (Å²) < 4.78 is 13.8.